The molecule has 4 nitrogen and oxygen atoms in total. The molecular weight excluding hydrogens is 286 g/mol. The van der Waals surface area contributed by atoms with Crippen LogP contribution in [0.15, 0.2) is 54.9 Å². The highest BCUT2D eigenvalue weighted by Gasteiger charge is 2.12. The van der Waals surface area contributed by atoms with Crippen molar-refractivity contribution in [3.8, 4) is 0 Å². The summed E-state index contributed by atoms with van der Waals surface area (Å²) in [7, 11) is 0. The number of aromatic nitrogens is 2. The third-order valence-corrected chi connectivity index (χ3v) is 4.19. The van der Waals surface area contributed by atoms with Crippen LogP contribution in [0.4, 0.5) is 0 Å². The van der Waals surface area contributed by atoms with E-state index in [2.05, 4.69) is 58.2 Å². The molecule has 2 N–H and O–H groups in total. The van der Waals surface area contributed by atoms with Crippen LogP contribution in [0.5, 0.6) is 0 Å². The van der Waals surface area contributed by atoms with E-state index in [-0.39, 0.29) is 12.6 Å². The van der Waals surface area contributed by atoms with Crippen LogP contribution in [-0.2, 0) is 6.54 Å². The monoisotopic (exact) mass is 309 g/mol. The lowest BCUT2D eigenvalue weighted by Crippen LogP contribution is -2.22. The number of aliphatic hydroxyl groups excluding tert-OH is 1. The summed E-state index contributed by atoms with van der Waals surface area (Å²) in [4.78, 5) is 4.51. The largest absolute Gasteiger partial charge is 0.396 e. The van der Waals surface area contributed by atoms with Crippen molar-refractivity contribution < 1.29 is 5.11 Å². The summed E-state index contributed by atoms with van der Waals surface area (Å²) in [5.74, 6) is 0. The maximum absolute atomic E-state index is 9.14. The third kappa shape index (κ3) is 3.60. The average Bonchev–Trinajstić information content (AvgIpc) is 3.00. The Morgan fingerprint density at radius 2 is 2.00 bits per heavy atom. The number of aryl methyl sites for hydroxylation is 1. The minimum atomic E-state index is 0.222. The molecule has 0 amide bonds. The Kier molecular flexibility index (Phi) is 5.05. The molecule has 2 aromatic heterocycles. The van der Waals surface area contributed by atoms with E-state index < -0.39 is 0 Å². The fourth-order valence-corrected chi connectivity index (χ4v) is 2.93. The first-order valence-electron chi connectivity index (χ1n) is 8.10. The van der Waals surface area contributed by atoms with Crippen molar-refractivity contribution in [1.82, 2.24) is 14.7 Å². The van der Waals surface area contributed by atoms with Crippen LogP contribution < -0.4 is 5.32 Å². The Hall–Kier alpha value is -2.17. The molecule has 3 aromatic rings. The summed E-state index contributed by atoms with van der Waals surface area (Å²) in [5, 5.41) is 12.8. The zero-order valence-electron chi connectivity index (χ0n) is 13.4. The van der Waals surface area contributed by atoms with Gasteiger partial charge in [0.05, 0.1) is 11.9 Å². The van der Waals surface area contributed by atoms with Gasteiger partial charge in [0.2, 0.25) is 0 Å². The first kappa shape index (κ1) is 15.7. The second-order valence-corrected chi connectivity index (χ2v) is 5.84. The van der Waals surface area contributed by atoms with Gasteiger partial charge in [0.15, 0.2) is 0 Å². The minimum Gasteiger partial charge on any atom is -0.396 e. The highest BCUT2D eigenvalue weighted by atomic mass is 16.2. The maximum Gasteiger partial charge on any atom is 0.139 e. The van der Waals surface area contributed by atoms with Gasteiger partial charge in [-0.25, -0.2) is 4.98 Å². The molecule has 0 aliphatic heterocycles. The number of nitrogens with zero attached hydrogens (tertiary/aromatic N) is 2. The van der Waals surface area contributed by atoms with E-state index in [1.807, 2.05) is 18.3 Å². The average molecular weight is 309 g/mol. The van der Waals surface area contributed by atoms with Gasteiger partial charge in [-0.05, 0) is 37.0 Å². The van der Waals surface area contributed by atoms with E-state index in [0.717, 1.165) is 30.7 Å². The normalized spacial score (nSPS) is 12.6. The molecule has 4 heteroatoms. The topological polar surface area (TPSA) is 49.6 Å². The van der Waals surface area contributed by atoms with E-state index in [0.29, 0.717) is 0 Å². The first-order chi connectivity index (χ1) is 11.3. The van der Waals surface area contributed by atoms with Crippen LogP contribution in [0.3, 0.4) is 0 Å². The molecule has 0 aliphatic rings. The zero-order valence-corrected chi connectivity index (χ0v) is 13.4. The second kappa shape index (κ2) is 7.40. The van der Waals surface area contributed by atoms with Crippen LogP contribution in [0.25, 0.3) is 5.65 Å². The first-order valence-corrected chi connectivity index (χ1v) is 8.10. The van der Waals surface area contributed by atoms with Crippen molar-refractivity contribution in [1.29, 1.82) is 0 Å². The molecule has 2 heterocycles. The molecule has 1 atom stereocenters. The summed E-state index contributed by atoms with van der Waals surface area (Å²) in [6.45, 7) is 3.04. The SMILES string of the molecule is Cc1cccn2c(CNC(CCCO)c3ccccc3)cnc12. The molecule has 1 unspecified atom stereocenters. The molecule has 0 aliphatic carbocycles. The number of aliphatic hydroxyl groups is 1. The molecular formula is C19H23N3O. The Labute approximate surface area is 136 Å². The van der Waals surface area contributed by atoms with E-state index >= 15 is 0 Å². The maximum atomic E-state index is 9.14. The quantitative estimate of drug-likeness (QED) is 0.704. The van der Waals surface area contributed by atoms with Gasteiger partial charge in [0.25, 0.3) is 0 Å². The van der Waals surface area contributed by atoms with Crippen molar-refractivity contribution in [3.63, 3.8) is 0 Å². The van der Waals surface area contributed by atoms with Crippen LogP contribution in [-0.4, -0.2) is 21.1 Å². The van der Waals surface area contributed by atoms with Crippen molar-refractivity contribution in [2.75, 3.05) is 6.61 Å². The molecule has 23 heavy (non-hydrogen) atoms. The van der Waals surface area contributed by atoms with E-state index in [1.165, 1.54) is 11.1 Å². The van der Waals surface area contributed by atoms with E-state index in [1.54, 1.807) is 0 Å². The third-order valence-electron chi connectivity index (χ3n) is 4.19. The molecule has 0 bridgehead atoms. The molecule has 3 rings (SSSR count). The van der Waals surface area contributed by atoms with E-state index in [9.17, 15) is 0 Å². The second-order valence-electron chi connectivity index (χ2n) is 5.84. The summed E-state index contributed by atoms with van der Waals surface area (Å²) in [6.07, 6.45) is 5.69. The van der Waals surface area contributed by atoms with Gasteiger partial charge in [0, 0.05) is 25.4 Å². The number of rotatable bonds is 7. The smallest absolute Gasteiger partial charge is 0.139 e. The van der Waals surface area contributed by atoms with Crippen LogP contribution >= 0.6 is 0 Å². The minimum absolute atomic E-state index is 0.222. The fraction of sp³-hybridized carbons (Fsp3) is 0.316. The number of pyridine rings is 1. The number of hydrogen-bond acceptors (Lipinski definition) is 3. The lowest BCUT2D eigenvalue weighted by Gasteiger charge is -2.19. The number of imidazole rings is 1. The molecule has 0 spiro atoms. The summed E-state index contributed by atoms with van der Waals surface area (Å²) in [6, 6.07) is 14.8. The van der Waals surface area contributed by atoms with Gasteiger partial charge in [-0.15, -0.1) is 0 Å². The Balaban J connectivity index is 1.76. The number of nitrogens with one attached hydrogen (secondary N) is 1. The molecule has 0 fully saturated rings. The van der Waals surface area contributed by atoms with Gasteiger partial charge < -0.3 is 14.8 Å². The molecule has 0 radical (unpaired) electrons. The Morgan fingerprint density at radius 1 is 1.17 bits per heavy atom. The van der Waals surface area contributed by atoms with Crippen LogP contribution in [0.2, 0.25) is 0 Å². The molecule has 0 saturated heterocycles. The van der Waals surface area contributed by atoms with Crippen molar-refractivity contribution in [2.45, 2.75) is 32.4 Å². The van der Waals surface area contributed by atoms with Gasteiger partial charge in [-0.1, -0.05) is 36.4 Å². The van der Waals surface area contributed by atoms with Gasteiger partial charge in [-0.3, -0.25) is 0 Å². The van der Waals surface area contributed by atoms with Gasteiger partial charge in [-0.2, -0.15) is 0 Å². The standard InChI is InChI=1S/C19H23N3O/c1-15-7-5-11-22-17(14-21-19(15)22)13-20-18(10-6-12-23)16-8-3-2-4-9-16/h2-5,7-9,11,14,18,20,23H,6,10,12-13H2,1H3. The van der Waals surface area contributed by atoms with Crippen molar-refractivity contribution >= 4 is 5.65 Å². The predicted octanol–water partition coefficient (Wildman–Crippen LogP) is 3.25. The zero-order chi connectivity index (χ0) is 16.1. The Bertz CT molecular complexity index is 752. The molecule has 0 saturated carbocycles. The summed E-state index contributed by atoms with van der Waals surface area (Å²) < 4.78 is 2.14. The van der Waals surface area contributed by atoms with Crippen molar-refractivity contribution in [3.05, 3.63) is 71.7 Å². The lowest BCUT2D eigenvalue weighted by atomic mass is 10.0. The Morgan fingerprint density at radius 3 is 2.78 bits per heavy atom. The lowest BCUT2D eigenvalue weighted by molar-refractivity contribution is 0.274. The van der Waals surface area contributed by atoms with Gasteiger partial charge >= 0.3 is 0 Å². The number of hydrogen-bond donors (Lipinski definition) is 2. The number of benzene rings is 1. The van der Waals surface area contributed by atoms with E-state index in [4.69, 9.17) is 5.11 Å². The highest BCUT2D eigenvalue weighted by Crippen LogP contribution is 2.19. The highest BCUT2D eigenvalue weighted by molar-refractivity contribution is 5.48. The summed E-state index contributed by atoms with van der Waals surface area (Å²) in [5.41, 5.74) is 4.59. The van der Waals surface area contributed by atoms with Crippen molar-refractivity contribution in [2.24, 2.45) is 0 Å². The van der Waals surface area contributed by atoms with Gasteiger partial charge in [0.1, 0.15) is 5.65 Å². The number of fused-ring (bicyclic) bond motifs is 1. The van der Waals surface area contributed by atoms with Crippen LogP contribution in [0, 0.1) is 6.92 Å². The summed E-state index contributed by atoms with van der Waals surface area (Å²) >= 11 is 0. The molecule has 1 aromatic carbocycles. The molecule has 120 valence electrons. The van der Waals surface area contributed by atoms with Crippen LogP contribution in [0.1, 0.15) is 35.7 Å². The predicted molar refractivity (Wildman–Crippen MR) is 92.3 cm³/mol. The fourth-order valence-electron chi connectivity index (χ4n) is 2.93.